The molecule has 0 saturated heterocycles. The van der Waals surface area contributed by atoms with Crippen LogP contribution in [-0.4, -0.2) is 10.2 Å². The van der Waals surface area contributed by atoms with Crippen molar-refractivity contribution in [2.75, 3.05) is 0 Å². The van der Waals surface area contributed by atoms with Gasteiger partial charge in [-0.15, -0.1) is 0 Å². The van der Waals surface area contributed by atoms with Crippen molar-refractivity contribution >= 4 is 0 Å². The lowest BCUT2D eigenvalue weighted by molar-refractivity contribution is 0.512. The van der Waals surface area contributed by atoms with Gasteiger partial charge < -0.3 is 10.2 Å². The number of hydrogen-bond acceptors (Lipinski definition) is 2. The topological polar surface area (TPSA) is 40.5 Å². The smallest absolute Gasteiger partial charge is 0.107 e. The van der Waals surface area contributed by atoms with Crippen LogP contribution >= 0.6 is 0 Å². The van der Waals surface area contributed by atoms with E-state index >= 15 is 0 Å². The van der Waals surface area contributed by atoms with Gasteiger partial charge in [-0.25, -0.2) is 0 Å². The molecule has 2 nitrogen and oxygen atoms in total. The Hall–Kier alpha value is -1.28. The van der Waals surface area contributed by atoms with Crippen molar-refractivity contribution in [2.45, 2.75) is 34.1 Å². The van der Waals surface area contributed by atoms with Gasteiger partial charge in [-0.2, -0.15) is 0 Å². The van der Waals surface area contributed by atoms with E-state index in [1.165, 1.54) is 0 Å². The van der Waals surface area contributed by atoms with Crippen LogP contribution in [0, 0.1) is 35.9 Å². The summed E-state index contributed by atoms with van der Waals surface area (Å²) in [5.41, 5.74) is 0. The minimum Gasteiger partial charge on any atom is -0.462 e. The number of rotatable bonds is 1. The van der Waals surface area contributed by atoms with E-state index in [4.69, 9.17) is 10.2 Å². The first kappa shape index (κ1) is 14.3. The lowest BCUT2D eigenvalue weighted by Gasteiger charge is -1.90. The van der Waals surface area contributed by atoms with Crippen LogP contribution in [0.15, 0.2) is 0 Å². The molecule has 0 aliphatic carbocycles. The molecule has 0 aliphatic rings. The van der Waals surface area contributed by atoms with Crippen molar-refractivity contribution in [3.63, 3.8) is 0 Å². The van der Waals surface area contributed by atoms with E-state index in [2.05, 4.69) is 11.8 Å². The van der Waals surface area contributed by atoms with Crippen LogP contribution in [0.5, 0.6) is 0 Å². The molecular formula is C11H18O2. The molecule has 0 aromatic carbocycles. The molecule has 0 radical (unpaired) electrons. The maximum atomic E-state index is 8.01. The van der Waals surface area contributed by atoms with E-state index in [1.54, 1.807) is 0 Å². The molecular weight excluding hydrogens is 164 g/mol. The van der Waals surface area contributed by atoms with Gasteiger partial charge in [0.15, 0.2) is 0 Å². The molecule has 0 spiro atoms. The third-order valence-electron chi connectivity index (χ3n) is 1.28. The normalized spacial score (nSPS) is 9.62. The van der Waals surface area contributed by atoms with Gasteiger partial charge in [0, 0.05) is 11.8 Å². The highest BCUT2D eigenvalue weighted by Crippen LogP contribution is 1.95. The Labute approximate surface area is 81.0 Å². The molecule has 74 valence electrons. The Morgan fingerprint density at radius 2 is 1.46 bits per heavy atom. The Morgan fingerprint density at radius 3 is 1.54 bits per heavy atom. The summed E-state index contributed by atoms with van der Waals surface area (Å²) in [6.45, 7) is 7.85. The molecule has 13 heavy (non-hydrogen) atoms. The van der Waals surface area contributed by atoms with Gasteiger partial charge in [0.2, 0.25) is 0 Å². The zero-order chi connectivity index (χ0) is 10.7. The zero-order valence-corrected chi connectivity index (χ0v) is 8.76. The van der Waals surface area contributed by atoms with Crippen LogP contribution < -0.4 is 0 Å². The van der Waals surface area contributed by atoms with Gasteiger partial charge in [0.05, 0.1) is 0 Å². The lowest BCUT2D eigenvalue weighted by atomic mass is 10.1. The van der Waals surface area contributed by atoms with Gasteiger partial charge in [-0.3, -0.25) is 0 Å². The molecule has 0 heterocycles. The van der Waals surface area contributed by atoms with Crippen molar-refractivity contribution in [3.05, 3.63) is 0 Å². The fraction of sp³-hybridized carbons (Fsp3) is 0.636. The van der Waals surface area contributed by atoms with Crippen LogP contribution in [0.4, 0.5) is 0 Å². The first-order chi connectivity index (χ1) is 6.08. The van der Waals surface area contributed by atoms with Crippen LogP contribution in [0.2, 0.25) is 0 Å². The summed E-state index contributed by atoms with van der Waals surface area (Å²) in [5, 5.41) is 15.9. The van der Waals surface area contributed by atoms with Crippen LogP contribution in [-0.2, 0) is 0 Å². The van der Waals surface area contributed by atoms with E-state index < -0.39 is 0 Å². The van der Waals surface area contributed by atoms with Gasteiger partial charge >= 0.3 is 0 Å². The average Bonchev–Trinajstić information content (AvgIpc) is 2.05. The predicted molar refractivity (Wildman–Crippen MR) is 53.7 cm³/mol. The molecule has 1 atom stereocenters. The first-order valence-corrected chi connectivity index (χ1v) is 4.37. The highest BCUT2D eigenvalue weighted by molar-refractivity contribution is 4.94. The summed E-state index contributed by atoms with van der Waals surface area (Å²) in [4.78, 5) is 0. The molecule has 0 aromatic heterocycles. The van der Waals surface area contributed by atoms with E-state index in [-0.39, 0.29) is 5.92 Å². The number of aliphatic hydroxyl groups excluding tert-OH is 2. The second kappa shape index (κ2) is 10.7. The van der Waals surface area contributed by atoms with Gasteiger partial charge in [0.25, 0.3) is 0 Å². The van der Waals surface area contributed by atoms with Crippen LogP contribution in [0.1, 0.15) is 34.1 Å². The molecule has 0 aromatic rings. The first-order valence-electron chi connectivity index (χ1n) is 4.37. The largest absolute Gasteiger partial charge is 0.462 e. The van der Waals surface area contributed by atoms with Crippen LogP contribution in [0.25, 0.3) is 0 Å². The molecule has 0 fully saturated rings. The van der Waals surface area contributed by atoms with Crippen molar-refractivity contribution in [3.8, 4) is 24.1 Å². The van der Waals surface area contributed by atoms with Gasteiger partial charge in [-0.1, -0.05) is 39.5 Å². The second-order valence-corrected chi connectivity index (χ2v) is 2.98. The highest BCUT2D eigenvalue weighted by Gasteiger charge is 1.87. The minimum atomic E-state index is 0.287. The number of aliphatic hydroxyl groups is 2. The monoisotopic (exact) mass is 182 g/mol. The van der Waals surface area contributed by atoms with Gasteiger partial charge in [0.1, 0.15) is 12.2 Å². The van der Waals surface area contributed by atoms with Crippen molar-refractivity contribution in [1.82, 2.24) is 0 Å². The lowest BCUT2D eigenvalue weighted by Crippen LogP contribution is -1.83. The Kier molecular flexibility index (Phi) is 11.8. The summed E-state index contributed by atoms with van der Waals surface area (Å²) < 4.78 is 0. The standard InChI is InChI=1S/C6H10O.C5H8O/c1-3-6(2)4-5-7;1-5(2)3-4-6/h6-7H,3H2,1-2H3;5-6H,1-2H3. The minimum absolute atomic E-state index is 0.287. The average molecular weight is 182 g/mol. The van der Waals surface area contributed by atoms with E-state index in [0.717, 1.165) is 6.42 Å². The maximum absolute atomic E-state index is 8.01. The fourth-order valence-electron chi connectivity index (χ4n) is 0.341. The Balaban J connectivity index is 0. The molecule has 0 amide bonds. The predicted octanol–water partition coefficient (Wildman–Crippen LogP) is 2.34. The van der Waals surface area contributed by atoms with Gasteiger partial charge in [-0.05, 0) is 6.42 Å². The van der Waals surface area contributed by atoms with Crippen molar-refractivity contribution < 1.29 is 10.2 Å². The zero-order valence-electron chi connectivity index (χ0n) is 8.76. The second-order valence-electron chi connectivity index (χ2n) is 2.98. The molecule has 2 N–H and O–H groups in total. The van der Waals surface area contributed by atoms with Crippen molar-refractivity contribution in [2.24, 2.45) is 11.8 Å². The third kappa shape index (κ3) is 18.1. The Morgan fingerprint density at radius 1 is 1.00 bits per heavy atom. The molecule has 0 rings (SSSR count). The third-order valence-corrected chi connectivity index (χ3v) is 1.28. The summed E-state index contributed by atoms with van der Waals surface area (Å²) in [7, 11) is 0. The maximum Gasteiger partial charge on any atom is 0.107 e. The van der Waals surface area contributed by atoms with Crippen LogP contribution in [0.3, 0.4) is 0 Å². The van der Waals surface area contributed by atoms with E-state index in [1.807, 2.05) is 39.9 Å². The molecule has 1 unspecified atom stereocenters. The molecule has 0 aliphatic heterocycles. The van der Waals surface area contributed by atoms with Crippen molar-refractivity contribution in [1.29, 1.82) is 0 Å². The molecule has 0 bridgehead atoms. The summed E-state index contributed by atoms with van der Waals surface area (Å²) in [6, 6.07) is 0. The quantitative estimate of drug-likeness (QED) is 0.611. The Bertz CT molecular complexity index is 210. The molecule has 2 heteroatoms. The summed E-state index contributed by atoms with van der Waals surface area (Å²) >= 11 is 0. The SMILES string of the molecule is CC(C)C#CO.CCC(C)C#CO. The molecule has 0 saturated carbocycles. The van der Waals surface area contributed by atoms with E-state index in [9.17, 15) is 0 Å². The number of hydrogen-bond donors (Lipinski definition) is 2. The summed E-state index contributed by atoms with van der Waals surface area (Å²) in [6.07, 6.45) is 4.69. The highest BCUT2D eigenvalue weighted by atomic mass is 16.2. The fourth-order valence-corrected chi connectivity index (χ4v) is 0.341. The summed E-state index contributed by atoms with van der Waals surface area (Å²) in [5.74, 6) is 5.74. The van der Waals surface area contributed by atoms with E-state index in [0.29, 0.717) is 5.92 Å².